The molecule has 1 aromatic heterocycles. The average Bonchev–Trinajstić information content (AvgIpc) is 3.01. The van der Waals surface area contributed by atoms with Crippen LogP contribution in [0.25, 0.3) is 5.69 Å². The van der Waals surface area contributed by atoms with Crippen molar-refractivity contribution in [3.8, 4) is 5.69 Å². The fourth-order valence-corrected chi connectivity index (χ4v) is 2.42. The minimum atomic E-state index is -0.839. The van der Waals surface area contributed by atoms with Gasteiger partial charge in [-0.1, -0.05) is 12.1 Å². The van der Waals surface area contributed by atoms with Gasteiger partial charge < -0.3 is 10.4 Å². The predicted molar refractivity (Wildman–Crippen MR) is 85.2 cm³/mol. The number of thioether (sulfide) groups is 1. The molecule has 1 aromatic carbocycles. The fourth-order valence-electron chi connectivity index (χ4n) is 1.86. The summed E-state index contributed by atoms with van der Waals surface area (Å²) in [5.41, 5.74) is 1.87. The summed E-state index contributed by atoms with van der Waals surface area (Å²) in [4.78, 5) is 22.1. The highest BCUT2D eigenvalue weighted by Gasteiger charge is 2.04. The molecule has 2 rings (SSSR count). The summed E-state index contributed by atoms with van der Waals surface area (Å²) in [7, 11) is 0. The first-order valence-corrected chi connectivity index (χ1v) is 7.96. The van der Waals surface area contributed by atoms with Gasteiger partial charge in [0.15, 0.2) is 0 Å². The molecule has 0 aliphatic heterocycles. The zero-order chi connectivity index (χ0) is 15.8. The van der Waals surface area contributed by atoms with E-state index in [9.17, 15) is 9.59 Å². The molecule has 1 amide bonds. The van der Waals surface area contributed by atoms with E-state index in [2.05, 4.69) is 10.4 Å². The molecule has 7 heteroatoms. The summed E-state index contributed by atoms with van der Waals surface area (Å²) < 4.78 is 1.75. The lowest BCUT2D eigenvalue weighted by atomic mass is 10.1. The van der Waals surface area contributed by atoms with Gasteiger partial charge in [0.1, 0.15) is 0 Å². The van der Waals surface area contributed by atoms with Crippen molar-refractivity contribution >= 4 is 23.6 Å². The molecule has 6 nitrogen and oxygen atoms in total. The van der Waals surface area contributed by atoms with E-state index in [-0.39, 0.29) is 11.7 Å². The molecule has 0 aliphatic rings. The number of aromatic nitrogens is 2. The third-order valence-electron chi connectivity index (χ3n) is 2.86. The molecule has 0 atom stereocenters. The molecule has 0 fully saturated rings. The molecule has 0 saturated carbocycles. The van der Waals surface area contributed by atoms with E-state index in [0.29, 0.717) is 18.7 Å². The van der Waals surface area contributed by atoms with Crippen molar-refractivity contribution in [3.63, 3.8) is 0 Å². The Kier molecular flexibility index (Phi) is 6.02. The molecule has 0 unspecified atom stereocenters. The number of nitrogens with one attached hydrogen (secondary N) is 1. The third kappa shape index (κ3) is 5.25. The maximum Gasteiger partial charge on any atom is 0.313 e. The number of carboxylic acids is 1. The Labute approximate surface area is 132 Å². The average molecular weight is 319 g/mol. The molecular formula is C15H17N3O3S. The van der Waals surface area contributed by atoms with Crippen LogP contribution < -0.4 is 5.32 Å². The first-order valence-electron chi connectivity index (χ1n) is 6.80. The molecule has 0 saturated heterocycles. The van der Waals surface area contributed by atoms with E-state index in [0.717, 1.165) is 11.3 Å². The normalized spacial score (nSPS) is 10.4. The zero-order valence-corrected chi connectivity index (χ0v) is 12.8. The van der Waals surface area contributed by atoms with Crippen molar-refractivity contribution in [3.05, 3.63) is 48.3 Å². The third-order valence-corrected chi connectivity index (χ3v) is 3.81. The predicted octanol–water partition coefficient (Wildman–Crippen LogP) is 1.35. The van der Waals surface area contributed by atoms with Crippen LogP contribution in [0.15, 0.2) is 42.7 Å². The highest BCUT2D eigenvalue weighted by atomic mass is 32.2. The van der Waals surface area contributed by atoms with Crippen LogP contribution >= 0.6 is 11.8 Å². The van der Waals surface area contributed by atoms with E-state index >= 15 is 0 Å². The van der Waals surface area contributed by atoms with Gasteiger partial charge in [-0.05, 0) is 23.8 Å². The van der Waals surface area contributed by atoms with Crippen molar-refractivity contribution in [2.75, 3.05) is 18.1 Å². The monoisotopic (exact) mass is 319 g/mol. The van der Waals surface area contributed by atoms with Crippen LogP contribution in [-0.2, 0) is 16.0 Å². The molecular weight excluding hydrogens is 302 g/mol. The molecule has 2 aromatic rings. The lowest BCUT2D eigenvalue weighted by molar-refractivity contribution is -0.133. The van der Waals surface area contributed by atoms with Crippen molar-refractivity contribution in [1.82, 2.24) is 15.1 Å². The highest BCUT2D eigenvalue weighted by molar-refractivity contribution is 7.99. The van der Waals surface area contributed by atoms with Gasteiger partial charge in [-0.3, -0.25) is 9.59 Å². The standard InChI is InChI=1S/C15H17N3O3S/c19-14(16-7-9-22-11-15(20)21)10-12-2-4-13(5-3-12)18-8-1-6-17-18/h1-6,8H,7,9-11H2,(H,16,19)(H,20,21). The number of carbonyl (C=O) groups excluding carboxylic acids is 1. The second kappa shape index (κ2) is 8.23. The second-order valence-electron chi connectivity index (χ2n) is 4.59. The first kappa shape index (κ1) is 16.1. The Morgan fingerprint density at radius 2 is 2.05 bits per heavy atom. The molecule has 0 bridgehead atoms. The van der Waals surface area contributed by atoms with E-state index in [4.69, 9.17) is 5.11 Å². The van der Waals surface area contributed by atoms with Gasteiger partial charge in [-0.2, -0.15) is 5.10 Å². The first-order chi connectivity index (χ1) is 10.6. The van der Waals surface area contributed by atoms with Crippen molar-refractivity contribution in [2.45, 2.75) is 6.42 Å². The number of hydrogen-bond donors (Lipinski definition) is 2. The van der Waals surface area contributed by atoms with Gasteiger partial charge in [-0.25, -0.2) is 4.68 Å². The maximum absolute atomic E-state index is 11.8. The Morgan fingerprint density at radius 1 is 1.27 bits per heavy atom. The van der Waals surface area contributed by atoms with Gasteiger partial charge >= 0.3 is 5.97 Å². The largest absolute Gasteiger partial charge is 0.481 e. The second-order valence-corrected chi connectivity index (χ2v) is 5.70. The van der Waals surface area contributed by atoms with Crippen molar-refractivity contribution in [1.29, 1.82) is 0 Å². The lowest BCUT2D eigenvalue weighted by Crippen LogP contribution is -2.27. The Hall–Kier alpha value is -2.28. The van der Waals surface area contributed by atoms with Crippen LogP contribution in [-0.4, -0.2) is 44.8 Å². The number of rotatable bonds is 8. The smallest absolute Gasteiger partial charge is 0.313 e. The van der Waals surface area contributed by atoms with E-state index < -0.39 is 5.97 Å². The fraction of sp³-hybridized carbons (Fsp3) is 0.267. The lowest BCUT2D eigenvalue weighted by Gasteiger charge is -2.06. The van der Waals surface area contributed by atoms with Crippen LogP contribution in [0.2, 0.25) is 0 Å². The van der Waals surface area contributed by atoms with Crippen molar-refractivity contribution in [2.24, 2.45) is 0 Å². The number of amides is 1. The minimum absolute atomic E-state index is 0.0603. The minimum Gasteiger partial charge on any atom is -0.481 e. The SMILES string of the molecule is O=C(O)CSCCNC(=O)Cc1ccc(-n2cccn2)cc1. The quantitative estimate of drug-likeness (QED) is 0.718. The van der Waals surface area contributed by atoms with Crippen LogP contribution in [0.1, 0.15) is 5.56 Å². The van der Waals surface area contributed by atoms with E-state index in [1.165, 1.54) is 11.8 Å². The number of aliphatic carboxylic acids is 1. The summed E-state index contributed by atoms with van der Waals surface area (Å²) in [6, 6.07) is 9.48. The van der Waals surface area contributed by atoms with Gasteiger partial charge in [0.05, 0.1) is 17.9 Å². The summed E-state index contributed by atoms with van der Waals surface area (Å²) in [5, 5.41) is 15.4. The van der Waals surface area contributed by atoms with Crippen LogP contribution in [0.3, 0.4) is 0 Å². The number of benzene rings is 1. The Morgan fingerprint density at radius 3 is 2.68 bits per heavy atom. The maximum atomic E-state index is 11.8. The molecule has 1 heterocycles. The molecule has 22 heavy (non-hydrogen) atoms. The van der Waals surface area contributed by atoms with Crippen molar-refractivity contribution < 1.29 is 14.7 Å². The van der Waals surface area contributed by atoms with Crippen LogP contribution in [0, 0.1) is 0 Å². The van der Waals surface area contributed by atoms with Gasteiger partial charge in [0.25, 0.3) is 0 Å². The number of nitrogens with zero attached hydrogens (tertiary/aromatic N) is 2. The molecule has 2 N–H and O–H groups in total. The number of hydrogen-bond acceptors (Lipinski definition) is 4. The topological polar surface area (TPSA) is 84.2 Å². The Balaban J connectivity index is 1.74. The number of carboxylic acid groups (broad SMARTS) is 1. The molecule has 0 aliphatic carbocycles. The van der Waals surface area contributed by atoms with Gasteiger partial charge in [-0.15, -0.1) is 11.8 Å². The van der Waals surface area contributed by atoms with E-state index in [1.54, 1.807) is 10.9 Å². The van der Waals surface area contributed by atoms with E-state index in [1.807, 2.05) is 36.5 Å². The summed E-state index contributed by atoms with van der Waals surface area (Å²) in [6.07, 6.45) is 3.88. The van der Waals surface area contributed by atoms with Gasteiger partial charge in [0.2, 0.25) is 5.91 Å². The van der Waals surface area contributed by atoms with Gasteiger partial charge in [0, 0.05) is 24.7 Å². The summed E-state index contributed by atoms with van der Waals surface area (Å²) in [6.45, 7) is 0.474. The highest BCUT2D eigenvalue weighted by Crippen LogP contribution is 2.09. The molecule has 116 valence electrons. The van der Waals surface area contributed by atoms with Crippen LogP contribution in [0.5, 0.6) is 0 Å². The molecule has 0 spiro atoms. The van der Waals surface area contributed by atoms with Crippen LogP contribution in [0.4, 0.5) is 0 Å². The summed E-state index contributed by atoms with van der Waals surface area (Å²) >= 11 is 1.29. The number of carbonyl (C=O) groups is 2. The Bertz CT molecular complexity index is 611. The summed E-state index contributed by atoms with van der Waals surface area (Å²) in [5.74, 6) is -0.252. The zero-order valence-electron chi connectivity index (χ0n) is 11.9. The molecule has 0 radical (unpaired) electrons.